The fourth-order valence-electron chi connectivity index (χ4n) is 3.17. The smallest absolute Gasteiger partial charge is 0.155 e. The van der Waals surface area contributed by atoms with Gasteiger partial charge in [0.15, 0.2) is 5.82 Å². The second-order valence-corrected chi connectivity index (χ2v) is 5.22. The molecule has 0 aromatic carbocycles. The minimum atomic E-state index is 0.537. The van der Waals surface area contributed by atoms with E-state index in [0.717, 1.165) is 24.5 Å². The van der Waals surface area contributed by atoms with Crippen LogP contribution in [0.25, 0.3) is 0 Å². The Kier molecular flexibility index (Phi) is 3.43. The van der Waals surface area contributed by atoms with Crippen LogP contribution >= 0.6 is 0 Å². The van der Waals surface area contributed by atoms with Crippen LogP contribution in [-0.2, 0) is 6.54 Å². The van der Waals surface area contributed by atoms with Crippen molar-refractivity contribution < 1.29 is 0 Å². The Morgan fingerprint density at radius 2 is 2.17 bits per heavy atom. The van der Waals surface area contributed by atoms with Crippen molar-refractivity contribution >= 4 is 5.82 Å². The van der Waals surface area contributed by atoms with Crippen molar-refractivity contribution in [3.05, 3.63) is 17.8 Å². The van der Waals surface area contributed by atoms with Gasteiger partial charge in [0.2, 0.25) is 0 Å². The Morgan fingerprint density at radius 3 is 3.06 bits per heavy atom. The van der Waals surface area contributed by atoms with Crippen LogP contribution < -0.4 is 10.6 Å². The maximum Gasteiger partial charge on any atom is 0.155 e. The van der Waals surface area contributed by atoms with Crippen molar-refractivity contribution in [1.82, 2.24) is 15.1 Å². The molecule has 1 atom stereocenters. The summed E-state index contributed by atoms with van der Waals surface area (Å²) in [6, 6.07) is 2.68. The normalized spacial score (nSPS) is 24.9. The first-order valence-electron chi connectivity index (χ1n) is 6.88. The van der Waals surface area contributed by atoms with Gasteiger partial charge in [0.1, 0.15) is 0 Å². The number of hydrogen-bond acceptors (Lipinski definition) is 5. The number of aromatic nitrogens is 2. The predicted molar refractivity (Wildman–Crippen MR) is 71.3 cm³/mol. The standard InChI is InChI=1S/C13H21N5/c14-9-11-4-5-15-16-13(11)18-8-2-7-17-6-1-3-12(17)10-18/h4-5,12H,1-3,6-10,14H2. The first-order valence-corrected chi connectivity index (χ1v) is 6.88. The molecule has 5 heteroatoms. The maximum absolute atomic E-state index is 5.80. The van der Waals surface area contributed by atoms with Crippen LogP contribution in [0.4, 0.5) is 5.82 Å². The quantitative estimate of drug-likeness (QED) is 0.830. The summed E-state index contributed by atoms with van der Waals surface area (Å²) in [4.78, 5) is 5.00. The summed E-state index contributed by atoms with van der Waals surface area (Å²) in [7, 11) is 0. The van der Waals surface area contributed by atoms with Gasteiger partial charge in [-0.1, -0.05) is 0 Å². The molecule has 0 radical (unpaired) electrons. The van der Waals surface area contributed by atoms with E-state index in [0.29, 0.717) is 12.6 Å². The molecule has 18 heavy (non-hydrogen) atoms. The Labute approximate surface area is 108 Å². The van der Waals surface area contributed by atoms with E-state index >= 15 is 0 Å². The van der Waals surface area contributed by atoms with Gasteiger partial charge >= 0.3 is 0 Å². The third-order valence-corrected chi connectivity index (χ3v) is 4.11. The van der Waals surface area contributed by atoms with Crippen LogP contribution in [0.2, 0.25) is 0 Å². The molecule has 0 amide bonds. The van der Waals surface area contributed by atoms with Gasteiger partial charge in [-0.15, -0.1) is 5.10 Å². The molecule has 98 valence electrons. The lowest BCUT2D eigenvalue weighted by atomic mass is 10.2. The first-order chi connectivity index (χ1) is 8.88. The monoisotopic (exact) mass is 247 g/mol. The van der Waals surface area contributed by atoms with Gasteiger partial charge in [-0.25, -0.2) is 0 Å². The van der Waals surface area contributed by atoms with E-state index in [9.17, 15) is 0 Å². The highest BCUT2D eigenvalue weighted by atomic mass is 15.3. The van der Waals surface area contributed by atoms with Crippen LogP contribution in [-0.4, -0.2) is 47.3 Å². The number of fused-ring (bicyclic) bond motifs is 1. The molecule has 1 unspecified atom stereocenters. The van der Waals surface area contributed by atoms with E-state index in [2.05, 4.69) is 20.0 Å². The van der Waals surface area contributed by atoms with Crippen molar-refractivity contribution in [3.63, 3.8) is 0 Å². The number of hydrogen-bond donors (Lipinski definition) is 1. The molecule has 3 rings (SSSR count). The fourth-order valence-corrected chi connectivity index (χ4v) is 3.17. The van der Waals surface area contributed by atoms with Crippen molar-refractivity contribution in [2.45, 2.75) is 31.8 Å². The average Bonchev–Trinajstić information content (AvgIpc) is 2.76. The zero-order chi connectivity index (χ0) is 12.4. The highest BCUT2D eigenvalue weighted by molar-refractivity contribution is 5.45. The molecular weight excluding hydrogens is 226 g/mol. The molecule has 2 aliphatic rings. The number of anilines is 1. The van der Waals surface area contributed by atoms with E-state index < -0.39 is 0 Å². The van der Waals surface area contributed by atoms with Gasteiger partial charge in [0.05, 0.1) is 6.20 Å². The molecule has 5 nitrogen and oxygen atoms in total. The summed E-state index contributed by atoms with van der Waals surface area (Å²) >= 11 is 0. The largest absolute Gasteiger partial charge is 0.353 e. The Morgan fingerprint density at radius 1 is 1.28 bits per heavy atom. The molecule has 2 N–H and O–H groups in total. The molecule has 0 bridgehead atoms. The second-order valence-electron chi connectivity index (χ2n) is 5.22. The summed E-state index contributed by atoms with van der Waals surface area (Å²) in [5.41, 5.74) is 6.91. The summed E-state index contributed by atoms with van der Waals surface area (Å²) < 4.78 is 0. The predicted octanol–water partition coefficient (Wildman–Crippen LogP) is 0.610. The van der Waals surface area contributed by atoms with Crippen LogP contribution in [0, 0.1) is 0 Å². The lowest BCUT2D eigenvalue weighted by Gasteiger charge is -2.27. The maximum atomic E-state index is 5.80. The zero-order valence-electron chi connectivity index (χ0n) is 10.8. The molecule has 2 fully saturated rings. The van der Waals surface area contributed by atoms with Gasteiger partial charge in [-0.3, -0.25) is 4.90 Å². The van der Waals surface area contributed by atoms with E-state index in [4.69, 9.17) is 5.73 Å². The number of rotatable bonds is 2. The fraction of sp³-hybridized carbons (Fsp3) is 0.692. The molecule has 2 saturated heterocycles. The van der Waals surface area contributed by atoms with Crippen molar-refractivity contribution in [1.29, 1.82) is 0 Å². The Balaban J connectivity index is 1.82. The van der Waals surface area contributed by atoms with Crippen molar-refractivity contribution in [3.8, 4) is 0 Å². The van der Waals surface area contributed by atoms with Gasteiger partial charge in [0.25, 0.3) is 0 Å². The minimum Gasteiger partial charge on any atom is -0.353 e. The molecule has 2 aliphatic heterocycles. The summed E-state index contributed by atoms with van der Waals surface area (Å²) in [5, 5.41) is 8.33. The molecule has 1 aromatic rings. The first kappa shape index (κ1) is 11.9. The van der Waals surface area contributed by atoms with E-state index in [-0.39, 0.29) is 0 Å². The zero-order valence-corrected chi connectivity index (χ0v) is 10.8. The Bertz CT molecular complexity index is 408. The van der Waals surface area contributed by atoms with Crippen molar-refractivity contribution in [2.75, 3.05) is 31.1 Å². The van der Waals surface area contributed by atoms with Crippen molar-refractivity contribution in [2.24, 2.45) is 5.73 Å². The van der Waals surface area contributed by atoms with E-state index in [1.54, 1.807) is 6.20 Å². The van der Waals surface area contributed by atoms with E-state index in [1.165, 1.54) is 32.4 Å². The molecule has 0 aliphatic carbocycles. The molecule has 3 heterocycles. The molecule has 0 saturated carbocycles. The van der Waals surface area contributed by atoms with Crippen LogP contribution in [0.5, 0.6) is 0 Å². The van der Waals surface area contributed by atoms with E-state index in [1.807, 2.05) is 6.07 Å². The second kappa shape index (κ2) is 5.20. The number of nitrogens with zero attached hydrogens (tertiary/aromatic N) is 4. The topological polar surface area (TPSA) is 58.3 Å². The minimum absolute atomic E-state index is 0.537. The average molecular weight is 247 g/mol. The third kappa shape index (κ3) is 2.20. The number of nitrogens with two attached hydrogens (primary N) is 1. The highest BCUT2D eigenvalue weighted by Gasteiger charge is 2.29. The Hall–Kier alpha value is -1.20. The van der Waals surface area contributed by atoms with Gasteiger partial charge in [-0.05, 0) is 31.9 Å². The summed E-state index contributed by atoms with van der Waals surface area (Å²) in [6.45, 7) is 5.17. The molecule has 0 spiro atoms. The summed E-state index contributed by atoms with van der Waals surface area (Å²) in [5.74, 6) is 0.994. The molecule has 1 aromatic heterocycles. The molecular formula is C13H21N5. The lowest BCUT2D eigenvalue weighted by molar-refractivity contribution is 0.273. The third-order valence-electron chi connectivity index (χ3n) is 4.11. The van der Waals surface area contributed by atoms with Gasteiger partial charge in [0, 0.05) is 37.8 Å². The van der Waals surface area contributed by atoms with Crippen LogP contribution in [0.1, 0.15) is 24.8 Å². The highest BCUT2D eigenvalue weighted by Crippen LogP contribution is 2.25. The van der Waals surface area contributed by atoms with Gasteiger partial charge in [-0.2, -0.15) is 5.10 Å². The summed E-state index contributed by atoms with van der Waals surface area (Å²) in [6.07, 6.45) is 5.58. The SMILES string of the molecule is NCc1ccnnc1N1CCCN2CCCC2C1. The van der Waals surface area contributed by atoms with Crippen LogP contribution in [0.15, 0.2) is 12.3 Å². The van der Waals surface area contributed by atoms with Crippen LogP contribution in [0.3, 0.4) is 0 Å². The lowest BCUT2D eigenvalue weighted by Crippen LogP contribution is -2.37. The van der Waals surface area contributed by atoms with Gasteiger partial charge < -0.3 is 10.6 Å².